The molecular weight excluding hydrogens is 350 g/mol. The van der Waals surface area contributed by atoms with E-state index < -0.39 is 41.7 Å². The monoisotopic (exact) mass is 372 g/mol. The van der Waals surface area contributed by atoms with Crippen molar-refractivity contribution in [2.24, 2.45) is 0 Å². The van der Waals surface area contributed by atoms with Crippen molar-refractivity contribution < 1.29 is 27.8 Å². The molecule has 0 bridgehead atoms. The minimum absolute atomic E-state index is 0.00403. The van der Waals surface area contributed by atoms with E-state index in [0.717, 1.165) is 16.6 Å². The van der Waals surface area contributed by atoms with Crippen molar-refractivity contribution in [3.8, 4) is 0 Å². The lowest BCUT2D eigenvalue weighted by Crippen LogP contribution is -2.53. The number of likely N-dealkylation sites (tertiary alicyclic amines) is 1. The fourth-order valence-electron chi connectivity index (χ4n) is 2.77. The summed E-state index contributed by atoms with van der Waals surface area (Å²) < 4.78 is 39.8. The van der Waals surface area contributed by atoms with Gasteiger partial charge in [0.05, 0.1) is 13.7 Å². The second kappa shape index (κ2) is 7.05. The predicted molar refractivity (Wildman–Crippen MR) is 88.4 cm³/mol. The maximum atomic E-state index is 14.7. The lowest BCUT2D eigenvalue weighted by atomic mass is 10.00. The summed E-state index contributed by atoms with van der Waals surface area (Å²) in [6.45, 7) is 4.07. The van der Waals surface area contributed by atoms with E-state index >= 15 is 0 Å². The van der Waals surface area contributed by atoms with Crippen LogP contribution < -0.4 is 5.56 Å². The maximum absolute atomic E-state index is 14.7. The summed E-state index contributed by atoms with van der Waals surface area (Å²) >= 11 is 0. The van der Waals surface area contributed by atoms with Crippen LogP contribution in [0.15, 0.2) is 23.1 Å². The Balaban J connectivity index is 2.26. The van der Waals surface area contributed by atoms with Gasteiger partial charge in [0.25, 0.3) is 11.5 Å². The number of pyridine rings is 1. The number of carbonyl (C=O) groups excluding carboxylic acids is 2. The van der Waals surface area contributed by atoms with Gasteiger partial charge < -0.3 is 18.9 Å². The molecule has 0 N–H and O–H groups in total. The van der Waals surface area contributed by atoms with Crippen molar-refractivity contribution in [2.45, 2.75) is 44.8 Å². The zero-order valence-corrected chi connectivity index (χ0v) is 15.1. The summed E-state index contributed by atoms with van der Waals surface area (Å²) in [6.07, 6.45) is 0.221. The third-order valence-electron chi connectivity index (χ3n) is 3.93. The Kier molecular flexibility index (Phi) is 5.39. The first kappa shape index (κ1) is 19.9. The number of rotatable bonds is 2. The van der Waals surface area contributed by atoms with E-state index in [-0.39, 0.29) is 18.5 Å². The minimum atomic E-state index is -3.37. The minimum Gasteiger partial charge on any atom is -0.465 e. The Hall–Kier alpha value is -2.45. The molecule has 26 heavy (non-hydrogen) atoms. The van der Waals surface area contributed by atoms with Crippen LogP contribution in [0.25, 0.3) is 0 Å². The lowest BCUT2D eigenvalue weighted by Gasteiger charge is -2.39. The van der Waals surface area contributed by atoms with Crippen molar-refractivity contribution in [3.63, 3.8) is 0 Å². The number of piperidine rings is 1. The number of hydrogen-bond acceptors (Lipinski definition) is 5. The molecule has 0 aromatic carbocycles. The number of aromatic nitrogens is 1. The van der Waals surface area contributed by atoms with Crippen LogP contribution in [0.1, 0.15) is 43.6 Å². The highest BCUT2D eigenvalue weighted by Crippen LogP contribution is 2.36. The summed E-state index contributed by atoms with van der Waals surface area (Å²) in [5.41, 5.74) is -1.97. The van der Waals surface area contributed by atoms with Crippen LogP contribution in [-0.4, -0.2) is 53.3 Å². The van der Waals surface area contributed by atoms with E-state index in [1.165, 1.54) is 18.3 Å². The fourth-order valence-corrected chi connectivity index (χ4v) is 2.77. The number of ether oxygens (including phenoxy) is 2. The Morgan fingerprint density at radius 3 is 2.50 bits per heavy atom. The highest BCUT2D eigenvalue weighted by molar-refractivity contribution is 5.88. The van der Waals surface area contributed by atoms with Gasteiger partial charge in [0.15, 0.2) is 0 Å². The third kappa shape index (κ3) is 4.20. The molecule has 1 atom stereocenters. The summed E-state index contributed by atoms with van der Waals surface area (Å²) in [5.74, 6) is -4.26. The van der Waals surface area contributed by atoms with E-state index in [1.54, 1.807) is 20.8 Å². The van der Waals surface area contributed by atoms with Gasteiger partial charge in [0.2, 0.25) is 0 Å². The van der Waals surface area contributed by atoms with Crippen LogP contribution in [0.5, 0.6) is 0 Å². The van der Waals surface area contributed by atoms with Crippen LogP contribution in [0.2, 0.25) is 0 Å². The predicted octanol–water partition coefficient (Wildman–Crippen LogP) is 2.45. The average Bonchev–Trinajstić information content (AvgIpc) is 2.52. The molecule has 0 radical (unpaired) electrons. The van der Waals surface area contributed by atoms with Crippen LogP contribution in [-0.2, 0) is 9.47 Å². The largest absolute Gasteiger partial charge is 0.465 e. The van der Waals surface area contributed by atoms with Gasteiger partial charge in [-0.1, -0.05) is 0 Å². The number of esters is 1. The molecule has 0 saturated carbocycles. The zero-order valence-electron chi connectivity index (χ0n) is 15.1. The van der Waals surface area contributed by atoms with E-state index in [2.05, 4.69) is 4.74 Å². The molecule has 1 fully saturated rings. The highest BCUT2D eigenvalue weighted by atomic mass is 19.3. The van der Waals surface area contributed by atoms with Gasteiger partial charge >= 0.3 is 12.1 Å². The number of amides is 1. The lowest BCUT2D eigenvalue weighted by molar-refractivity contribution is -0.104. The molecule has 9 heteroatoms. The fraction of sp³-hybridized carbons (Fsp3) is 0.588. The Bertz CT molecular complexity index is 754. The summed E-state index contributed by atoms with van der Waals surface area (Å²) in [6, 6.07) is 1.08. The number of alkyl halides is 2. The molecule has 144 valence electrons. The average molecular weight is 372 g/mol. The second-order valence-electron chi connectivity index (χ2n) is 7.09. The van der Waals surface area contributed by atoms with Crippen LogP contribution in [0.3, 0.4) is 0 Å². The van der Waals surface area contributed by atoms with Crippen molar-refractivity contribution in [2.75, 3.05) is 20.2 Å². The molecule has 1 amide bonds. The Labute approximate surface area is 149 Å². The maximum Gasteiger partial charge on any atom is 0.410 e. The smallest absolute Gasteiger partial charge is 0.410 e. The van der Waals surface area contributed by atoms with Crippen molar-refractivity contribution in [3.05, 3.63) is 34.2 Å². The number of halogens is 2. The summed E-state index contributed by atoms with van der Waals surface area (Å²) in [5, 5.41) is 0. The molecule has 1 saturated heterocycles. The zero-order chi connectivity index (χ0) is 19.7. The van der Waals surface area contributed by atoms with Gasteiger partial charge in [-0.05, 0) is 39.3 Å². The molecule has 2 heterocycles. The second-order valence-corrected chi connectivity index (χ2v) is 7.09. The van der Waals surface area contributed by atoms with E-state index in [9.17, 15) is 23.2 Å². The topological polar surface area (TPSA) is 77.8 Å². The van der Waals surface area contributed by atoms with Gasteiger partial charge in [-0.2, -0.15) is 0 Å². The number of nitrogens with zero attached hydrogens (tertiary/aromatic N) is 2. The molecule has 0 aliphatic carbocycles. The van der Waals surface area contributed by atoms with Crippen molar-refractivity contribution >= 4 is 12.1 Å². The SMILES string of the molecule is COC(=O)c1cccn(C2CCN(C(=O)OC(C)(C)C)CC2(F)F)c1=O. The normalized spacial score (nSPS) is 19.8. The van der Waals surface area contributed by atoms with Gasteiger partial charge in [-0.15, -0.1) is 0 Å². The van der Waals surface area contributed by atoms with E-state index in [0.29, 0.717) is 0 Å². The summed E-state index contributed by atoms with van der Waals surface area (Å²) in [7, 11) is 1.10. The van der Waals surface area contributed by atoms with Gasteiger partial charge in [0.1, 0.15) is 17.2 Å². The van der Waals surface area contributed by atoms with Gasteiger partial charge in [-0.3, -0.25) is 4.79 Å². The Morgan fingerprint density at radius 2 is 1.96 bits per heavy atom. The Morgan fingerprint density at radius 1 is 1.31 bits per heavy atom. The van der Waals surface area contributed by atoms with E-state index in [4.69, 9.17) is 4.74 Å². The van der Waals surface area contributed by atoms with Crippen LogP contribution >= 0.6 is 0 Å². The molecular formula is C17H22F2N2O5. The molecule has 7 nitrogen and oxygen atoms in total. The number of carbonyl (C=O) groups is 2. The van der Waals surface area contributed by atoms with Crippen LogP contribution in [0, 0.1) is 0 Å². The highest BCUT2D eigenvalue weighted by Gasteiger charge is 2.48. The first-order valence-corrected chi connectivity index (χ1v) is 8.11. The molecule has 1 aliphatic rings. The molecule has 2 rings (SSSR count). The quantitative estimate of drug-likeness (QED) is 0.745. The molecule has 1 unspecified atom stereocenters. The first-order chi connectivity index (χ1) is 12.0. The van der Waals surface area contributed by atoms with Crippen molar-refractivity contribution in [1.29, 1.82) is 0 Å². The molecule has 1 aromatic rings. The van der Waals surface area contributed by atoms with E-state index in [1.807, 2.05) is 0 Å². The third-order valence-corrected chi connectivity index (χ3v) is 3.93. The molecule has 0 spiro atoms. The molecule has 1 aromatic heterocycles. The van der Waals surface area contributed by atoms with Crippen LogP contribution in [0.4, 0.5) is 13.6 Å². The molecule has 1 aliphatic heterocycles. The first-order valence-electron chi connectivity index (χ1n) is 8.11. The summed E-state index contributed by atoms with van der Waals surface area (Å²) in [4.78, 5) is 37.0. The number of hydrogen-bond donors (Lipinski definition) is 0. The standard InChI is InChI=1S/C17H22F2N2O5/c1-16(2,3)26-15(24)20-9-7-12(17(18,19)10-20)21-8-5-6-11(13(21)22)14(23)25-4/h5-6,8,12H,7,9-10H2,1-4H3. The van der Waals surface area contributed by atoms with Gasteiger partial charge in [0, 0.05) is 12.7 Å². The van der Waals surface area contributed by atoms with Gasteiger partial charge in [-0.25, -0.2) is 18.4 Å². The number of methoxy groups -OCH3 is 1. The van der Waals surface area contributed by atoms with Crippen molar-refractivity contribution in [1.82, 2.24) is 9.47 Å².